The van der Waals surface area contributed by atoms with Gasteiger partial charge >= 0.3 is 0 Å². The van der Waals surface area contributed by atoms with Gasteiger partial charge in [-0.15, -0.1) is 0 Å². The van der Waals surface area contributed by atoms with Crippen molar-refractivity contribution in [3.8, 4) is 0 Å². The topological polar surface area (TPSA) is 83.2 Å². The summed E-state index contributed by atoms with van der Waals surface area (Å²) < 4.78 is 2.39. The van der Waals surface area contributed by atoms with E-state index in [1.165, 1.54) is 0 Å². The van der Waals surface area contributed by atoms with Gasteiger partial charge in [0.15, 0.2) is 17.7 Å². The number of hydrazine groups is 1. The number of unbranched alkanes of at least 4 members (excludes halogenated alkanes) is 1. The highest BCUT2D eigenvalue weighted by Crippen LogP contribution is 2.46. The van der Waals surface area contributed by atoms with Crippen molar-refractivity contribution in [3.63, 3.8) is 0 Å². The molecule has 1 atom stereocenters. The molecule has 1 aliphatic heterocycles. The second-order valence-corrected chi connectivity index (χ2v) is 7.85. The normalized spacial score (nSPS) is 18.7. The minimum Gasteiger partial charge on any atom is -0.382 e. The Morgan fingerprint density at radius 2 is 2.08 bits per heavy atom. The zero-order valence-corrected chi connectivity index (χ0v) is 16.3. The first-order valence-electron chi connectivity index (χ1n) is 9.38. The van der Waals surface area contributed by atoms with Gasteiger partial charge in [-0.3, -0.25) is 11.3 Å². The maximum Gasteiger partial charge on any atom is 0.243 e. The van der Waals surface area contributed by atoms with Crippen molar-refractivity contribution in [2.24, 2.45) is 11.3 Å². The van der Waals surface area contributed by atoms with Gasteiger partial charge in [0.05, 0.1) is 16.3 Å². The summed E-state index contributed by atoms with van der Waals surface area (Å²) in [5.74, 6) is 6.20. The lowest BCUT2D eigenvalue weighted by atomic mass is 9.95. The number of anilines is 2. The second kappa shape index (κ2) is 7.21. The quantitative estimate of drug-likeness (QED) is 0.421. The third kappa shape index (κ3) is 3.27. The van der Waals surface area contributed by atoms with Gasteiger partial charge < -0.3 is 10.6 Å². The van der Waals surface area contributed by atoms with Crippen molar-refractivity contribution in [2.45, 2.75) is 46.2 Å². The average molecular weight is 356 g/mol. The first-order valence-corrected chi connectivity index (χ1v) is 9.38. The molecule has 5 N–H and O–H groups in total. The Kier molecular flexibility index (Phi) is 5.16. The maximum absolute atomic E-state index is 6.38. The Hall–Kier alpha value is -2.18. The predicted octanol–water partition coefficient (Wildman–Crippen LogP) is 2.99. The van der Waals surface area contributed by atoms with Gasteiger partial charge in [-0.05, 0) is 32.4 Å². The molecule has 26 heavy (non-hydrogen) atoms. The smallest absolute Gasteiger partial charge is 0.243 e. The lowest BCUT2D eigenvalue weighted by molar-refractivity contribution is -0.472. The number of fused-ring (bicyclic) bond motifs is 3. The molecule has 2 aromatic rings. The molecule has 0 fully saturated rings. The van der Waals surface area contributed by atoms with E-state index >= 15 is 0 Å². The molecule has 0 spiro atoms. The molecule has 0 aliphatic carbocycles. The lowest BCUT2D eigenvalue weighted by Gasteiger charge is -2.21. The van der Waals surface area contributed by atoms with E-state index < -0.39 is 0 Å². The molecule has 1 unspecified atom stereocenters. The van der Waals surface area contributed by atoms with Crippen molar-refractivity contribution >= 4 is 34.3 Å². The second-order valence-electron chi connectivity index (χ2n) is 7.85. The van der Waals surface area contributed by atoms with Crippen molar-refractivity contribution in [1.29, 1.82) is 0 Å². The number of nitrogens with one attached hydrogen (secondary N) is 1. The molecule has 0 bridgehead atoms. The first kappa shape index (κ1) is 18.6. The maximum atomic E-state index is 6.38. The van der Waals surface area contributed by atoms with Gasteiger partial charge in [0.25, 0.3) is 0 Å². The number of nitrogen functional groups attached to an aromatic ring is 1. The third-order valence-electron chi connectivity index (χ3n) is 5.11. The lowest BCUT2D eigenvalue weighted by Crippen LogP contribution is -2.40. The minimum absolute atomic E-state index is 0.0964. The molecular weight excluding hydrogens is 324 g/mol. The fraction of sp³-hybridized carbons (Fsp3) is 0.500. The highest BCUT2D eigenvalue weighted by Gasteiger charge is 2.43. The van der Waals surface area contributed by atoms with Crippen LogP contribution in [0.3, 0.4) is 0 Å². The van der Waals surface area contributed by atoms with Gasteiger partial charge in [0, 0.05) is 20.0 Å². The van der Waals surface area contributed by atoms with Crippen molar-refractivity contribution in [3.05, 3.63) is 24.3 Å². The monoisotopic (exact) mass is 355 g/mol. The van der Waals surface area contributed by atoms with E-state index in [1.54, 1.807) is 0 Å². The zero-order chi connectivity index (χ0) is 18.9. The Bertz CT molecular complexity index is 826. The first-order chi connectivity index (χ1) is 12.4. The van der Waals surface area contributed by atoms with E-state index in [2.05, 4.69) is 66.1 Å². The number of aromatic nitrogens is 1. The molecular formula is C20H31N6+. The molecule has 0 saturated heterocycles. The highest BCUT2D eigenvalue weighted by atomic mass is 15.4. The van der Waals surface area contributed by atoms with Crippen LogP contribution in [-0.4, -0.2) is 35.5 Å². The Morgan fingerprint density at radius 1 is 1.35 bits per heavy atom. The average Bonchev–Trinajstić information content (AvgIpc) is 2.85. The summed E-state index contributed by atoms with van der Waals surface area (Å²) in [6.45, 7) is 7.30. The van der Waals surface area contributed by atoms with Gasteiger partial charge in [-0.25, -0.2) is 4.98 Å². The summed E-state index contributed by atoms with van der Waals surface area (Å²) in [7, 11) is 2.12. The van der Waals surface area contributed by atoms with E-state index in [0.717, 1.165) is 41.5 Å². The Balaban J connectivity index is 2.25. The molecule has 0 radical (unpaired) electrons. The fourth-order valence-corrected chi connectivity index (χ4v) is 3.85. The van der Waals surface area contributed by atoms with Gasteiger partial charge in [0.2, 0.25) is 11.9 Å². The van der Waals surface area contributed by atoms with Crippen LogP contribution < -0.4 is 21.9 Å². The van der Waals surface area contributed by atoms with E-state index in [4.69, 9.17) is 11.6 Å². The number of rotatable bonds is 6. The van der Waals surface area contributed by atoms with Crippen LogP contribution in [0.4, 0.5) is 17.2 Å². The standard InChI is InChI=1S/C20H31N6/c1-5-6-11-16-25(4)18-17(26(16)13-20(2,3)12-23-22)14-9-7-8-10-15(14)24-19(18)21/h7-10,13,16,23H,5-6,11-12,22H2,1-4H3,(H2,21,24)/q+1/b26-13+. The molecule has 2 heterocycles. The fourth-order valence-electron chi connectivity index (χ4n) is 3.85. The molecule has 1 aromatic carbocycles. The summed E-state index contributed by atoms with van der Waals surface area (Å²) >= 11 is 0. The zero-order valence-electron chi connectivity index (χ0n) is 16.3. The van der Waals surface area contributed by atoms with E-state index in [1.807, 2.05) is 12.1 Å². The van der Waals surface area contributed by atoms with E-state index in [9.17, 15) is 0 Å². The molecule has 1 aromatic heterocycles. The number of hydrogen-bond acceptors (Lipinski definition) is 5. The van der Waals surface area contributed by atoms with Crippen LogP contribution in [0.2, 0.25) is 0 Å². The number of para-hydroxylation sites is 1. The molecule has 0 amide bonds. The van der Waals surface area contributed by atoms with Crippen LogP contribution in [0, 0.1) is 5.41 Å². The van der Waals surface area contributed by atoms with Crippen molar-refractivity contribution in [2.75, 3.05) is 24.2 Å². The van der Waals surface area contributed by atoms with Crippen LogP contribution in [0.5, 0.6) is 0 Å². The SMILES string of the molecule is CCCCC1N(C)c2c(N)nc3ccccc3c2/[N+]1=C/C(C)(C)CNN. The van der Waals surface area contributed by atoms with E-state index in [-0.39, 0.29) is 11.6 Å². The van der Waals surface area contributed by atoms with Crippen molar-refractivity contribution < 1.29 is 4.58 Å². The van der Waals surface area contributed by atoms with Crippen LogP contribution in [0.15, 0.2) is 24.3 Å². The van der Waals surface area contributed by atoms with Crippen LogP contribution >= 0.6 is 0 Å². The largest absolute Gasteiger partial charge is 0.382 e. The summed E-state index contributed by atoms with van der Waals surface area (Å²) in [6, 6.07) is 8.22. The van der Waals surface area contributed by atoms with Gasteiger partial charge in [-0.2, -0.15) is 4.58 Å². The number of nitrogens with zero attached hydrogens (tertiary/aromatic N) is 3. The molecule has 0 saturated carbocycles. The van der Waals surface area contributed by atoms with Crippen molar-refractivity contribution in [1.82, 2.24) is 10.4 Å². The molecule has 1 aliphatic rings. The van der Waals surface area contributed by atoms with Crippen LogP contribution in [0.1, 0.15) is 40.0 Å². The van der Waals surface area contributed by atoms with E-state index in [0.29, 0.717) is 12.4 Å². The highest BCUT2D eigenvalue weighted by molar-refractivity contribution is 5.99. The number of pyridine rings is 1. The summed E-state index contributed by atoms with van der Waals surface area (Å²) in [5, 5.41) is 1.13. The summed E-state index contributed by atoms with van der Waals surface area (Å²) in [4.78, 5) is 6.92. The van der Waals surface area contributed by atoms with Gasteiger partial charge in [0.1, 0.15) is 0 Å². The number of nitrogens with two attached hydrogens (primary N) is 2. The Labute approximate surface area is 155 Å². The molecule has 140 valence electrons. The Morgan fingerprint density at radius 3 is 2.77 bits per heavy atom. The minimum atomic E-state index is -0.0964. The third-order valence-corrected chi connectivity index (χ3v) is 5.11. The van der Waals surface area contributed by atoms with Gasteiger partial charge in [-0.1, -0.05) is 25.5 Å². The summed E-state index contributed by atoms with van der Waals surface area (Å²) in [5.41, 5.74) is 12.2. The number of benzene rings is 1. The molecule has 6 heteroatoms. The van der Waals surface area contributed by atoms with Crippen LogP contribution in [-0.2, 0) is 0 Å². The summed E-state index contributed by atoms with van der Waals surface area (Å²) in [6.07, 6.45) is 5.92. The number of hydrogen-bond donors (Lipinski definition) is 3. The van der Waals surface area contributed by atoms with Crippen LogP contribution in [0.25, 0.3) is 10.9 Å². The predicted molar refractivity (Wildman–Crippen MR) is 110 cm³/mol. The molecule has 6 nitrogen and oxygen atoms in total. The molecule has 3 rings (SSSR count).